The van der Waals surface area contributed by atoms with Crippen molar-refractivity contribution in [3.8, 4) is 0 Å². The number of β-amino-alcohol motifs (C(OH)–C–C–N with tert-alkyl or cyclic N) is 1. The predicted octanol–water partition coefficient (Wildman–Crippen LogP) is 3.38. The number of aliphatic hydroxyl groups is 1. The number of hydrogen-bond acceptors (Lipinski definition) is 6. The van der Waals surface area contributed by atoms with Crippen LogP contribution in [-0.2, 0) is 23.9 Å². The molecule has 1 unspecified atom stereocenters. The zero-order chi connectivity index (χ0) is 27.2. The van der Waals surface area contributed by atoms with E-state index in [2.05, 4.69) is 0 Å². The van der Waals surface area contributed by atoms with Gasteiger partial charge in [-0.25, -0.2) is 0 Å². The summed E-state index contributed by atoms with van der Waals surface area (Å²) in [7, 11) is 0. The van der Waals surface area contributed by atoms with Gasteiger partial charge in [-0.05, 0) is 48.6 Å². The molecule has 4 aliphatic heterocycles. The number of nitrogens with zero attached hydrogens (tertiary/aromatic N) is 2. The highest BCUT2D eigenvalue weighted by molar-refractivity contribution is 6.06. The minimum Gasteiger partial charge on any atom is -0.465 e. The summed E-state index contributed by atoms with van der Waals surface area (Å²) in [6.07, 6.45) is 10.5. The molecular formula is C31H34N2O6. The number of rotatable bonds is 4. The van der Waals surface area contributed by atoms with Crippen molar-refractivity contribution in [3.05, 3.63) is 66.8 Å². The third-order valence-electron chi connectivity index (χ3n) is 8.77. The molecule has 0 aromatic heterocycles. The monoisotopic (exact) mass is 530 g/mol. The van der Waals surface area contributed by atoms with Gasteiger partial charge in [0.05, 0.1) is 19.1 Å². The van der Waals surface area contributed by atoms with E-state index in [1.807, 2.05) is 73.7 Å². The largest absolute Gasteiger partial charge is 0.465 e. The Kier molecular flexibility index (Phi) is 6.55. The minimum absolute atomic E-state index is 0.0347. The van der Waals surface area contributed by atoms with E-state index in [0.717, 1.165) is 30.0 Å². The molecule has 0 aliphatic carbocycles. The predicted molar refractivity (Wildman–Crippen MR) is 146 cm³/mol. The second-order valence-electron chi connectivity index (χ2n) is 10.8. The van der Waals surface area contributed by atoms with Crippen LogP contribution in [0.2, 0.25) is 0 Å². The average molecular weight is 531 g/mol. The smallest absolute Gasteiger partial charge is 0.313 e. The maximum atomic E-state index is 14.5. The first-order valence-corrected chi connectivity index (χ1v) is 13.9. The highest BCUT2D eigenvalue weighted by atomic mass is 16.6. The summed E-state index contributed by atoms with van der Waals surface area (Å²) in [5, 5.41) is 12.0. The van der Waals surface area contributed by atoms with Gasteiger partial charge in [-0.1, -0.05) is 61.6 Å². The lowest BCUT2D eigenvalue weighted by atomic mass is 9.73. The van der Waals surface area contributed by atoms with Crippen LogP contribution in [0.25, 0.3) is 10.8 Å². The van der Waals surface area contributed by atoms with Gasteiger partial charge in [0.15, 0.2) is 0 Å². The van der Waals surface area contributed by atoms with Crippen LogP contribution in [-0.4, -0.2) is 71.3 Å². The molecule has 1 spiro atoms. The number of amides is 2. The fourth-order valence-corrected chi connectivity index (χ4v) is 6.96. The van der Waals surface area contributed by atoms with Crippen molar-refractivity contribution in [1.82, 2.24) is 4.90 Å². The van der Waals surface area contributed by atoms with E-state index < -0.39 is 35.0 Å². The summed E-state index contributed by atoms with van der Waals surface area (Å²) in [6, 6.07) is 12.7. The molecule has 4 heterocycles. The Morgan fingerprint density at radius 3 is 2.59 bits per heavy atom. The molecular weight excluding hydrogens is 496 g/mol. The fraction of sp³-hybridized carbons (Fsp3) is 0.452. The highest BCUT2D eigenvalue weighted by Gasteiger charge is 2.75. The molecule has 2 amide bonds. The summed E-state index contributed by atoms with van der Waals surface area (Å²) in [5.41, 5.74) is -1.74. The molecule has 2 aromatic carbocycles. The summed E-state index contributed by atoms with van der Waals surface area (Å²) < 4.78 is 12.6. The van der Waals surface area contributed by atoms with E-state index in [1.54, 1.807) is 4.90 Å². The van der Waals surface area contributed by atoms with Crippen LogP contribution >= 0.6 is 0 Å². The number of allylic oxidation sites excluding steroid dienone is 1. The Morgan fingerprint density at radius 2 is 1.79 bits per heavy atom. The SMILES string of the molecule is CC[C@]12/C=C\CCCCOC(=O)[C@H]1[C@H]1C(=O)N(CCO)C3C(=O)N(c4ccc5ccccc5c4)CC=C[C@@]31O2. The van der Waals surface area contributed by atoms with Gasteiger partial charge < -0.3 is 24.4 Å². The Labute approximate surface area is 227 Å². The lowest BCUT2D eigenvalue weighted by molar-refractivity contribution is -0.160. The Hall–Kier alpha value is -3.49. The van der Waals surface area contributed by atoms with E-state index in [9.17, 15) is 19.5 Å². The lowest BCUT2D eigenvalue weighted by Gasteiger charge is -2.38. The van der Waals surface area contributed by atoms with Crippen molar-refractivity contribution in [2.45, 2.75) is 49.9 Å². The first-order chi connectivity index (χ1) is 19.0. The maximum absolute atomic E-state index is 14.5. The van der Waals surface area contributed by atoms with Gasteiger partial charge >= 0.3 is 5.97 Å². The lowest BCUT2D eigenvalue weighted by Crippen LogP contribution is -2.56. The van der Waals surface area contributed by atoms with Gasteiger partial charge in [0.1, 0.15) is 23.2 Å². The normalized spacial score (nSPS) is 33.4. The highest BCUT2D eigenvalue weighted by Crippen LogP contribution is 2.58. The van der Waals surface area contributed by atoms with Crippen LogP contribution in [0.1, 0.15) is 32.6 Å². The van der Waals surface area contributed by atoms with Crippen LogP contribution in [0, 0.1) is 11.8 Å². The molecule has 0 bridgehead atoms. The van der Waals surface area contributed by atoms with Crippen molar-refractivity contribution < 1.29 is 29.0 Å². The molecule has 4 aliphatic rings. The molecule has 5 atom stereocenters. The number of ether oxygens (including phenoxy) is 2. The third-order valence-corrected chi connectivity index (χ3v) is 8.77. The van der Waals surface area contributed by atoms with Gasteiger partial charge in [0.2, 0.25) is 5.91 Å². The van der Waals surface area contributed by atoms with Crippen LogP contribution in [0.15, 0.2) is 66.8 Å². The van der Waals surface area contributed by atoms with Gasteiger partial charge in [0, 0.05) is 18.8 Å². The molecule has 8 nitrogen and oxygen atoms in total. The number of cyclic esters (lactones) is 1. The zero-order valence-corrected chi connectivity index (χ0v) is 22.1. The number of fused-ring (bicyclic) bond motifs is 3. The number of esters is 1. The van der Waals surface area contributed by atoms with E-state index in [4.69, 9.17) is 9.47 Å². The molecule has 39 heavy (non-hydrogen) atoms. The third kappa shape index (κ3) is 3.92. The van der Waals surface area contributed by atoms with Gasteiger partial charge in [-0.15, -0.1) is 0 Å². The number of carbonyl (C=O) groups is 3. The van der Waals surface area contributed by atoms with Crippen molar-refractivity contribution in [2.75, 3.05) is 31.2 Å². The van der Waals surface area contributed by atoms with Crippen LogP contribution in [0.5, 0.6) is 0 Å². The van der Waals surface area contributed by atoms with Crippen LogP contribution in [0.3, 0.4) is 0 Å². The molecule has 204 valence electrons. The molecule has 2 aromatic rings. The molecule has 6 rings (SSSR count). The summed E-state index contributed by atoms with van der Waals surface area (Å²) >= 11 is 0. The first kappa shape index (κ1) is 25.8. The first-order valence-electron chi connectivity index (χ1n) is 13.9. The van der Waals surface area contributed by atoms with Crippen LogP contribution < -0.4 is 4.90 Å². The van der Waals surface area contributed by atoms with Gasteiger partial charge in [-0.3, -0.25) is 14.4 Å². The Morgan fingerprint density at radius 1 is 0.974 bits per heavy atom. The van der Waals surface area contributed by atoms with Crippen molar-refractivity contribution in [1.29, 1.82) is 0 Å². The number of anilines is 1. The fourth-order valence-electron chi connectivity index (χ4n) is 6.96. The Balaban J connectivity index is 1.48. The number of aliphatic hydroxyl groups excluding tert-OH is 1. The topological polar surface area (TPSA) is 96.4 Å². The number of benzene rings is 2. The van der Waals surface area contributed by atoms with Crippen LogP contribution in [0.4, 0.5) is 5.69 Å². The Bertz CT molecular complexity index is 1370. The van der Waals surface area contributed by atoms with E-state index in [0.29, 0.717) is 12.1 Å². The van der Waals surface area contributed by atoms with Gasteiger partial charge in [0.25, 0.3) is 5.91 Å². The quantitative estimate of drug-likeness (QED) is 0.481. The van der Waals surface area contributed by atoms with Gasteiger partial charge in [-0.2, -0.15) is 0 Å². The maximum Gasteiger partial charge on any atom is 0.313 e. The molecule has 2 saturated heterocycles. The number of carbonyl (C=O) groups excluding carboxylic acids is 3. The summed E-state index contributed by atoms with van der Waals surface area (Å²) in [4.78, 5) is 45.3. The van der Waals surface area contributed by atoms with Crippen molar-refractivity contribution in [3.63, 3.8) is 0 Å². The second-order valence-corrected chi connectivity index (χ2v) is 10.8. The van der Waals surface area contributed by atoms with E-state index in [-0.39, 0.29) is 38.1 Å². The standard InChI is InChI=1S/C31H34N2O6/c1-2-30-14-7-3-4-8-19-38-29(37)25(30)24-27(35)33(17-18-34)26-28(36)32(16-9-15-31(24,26)39-30)23-13-12-21-10-5-6-11-22(21)20-23/h5-7,9-15,20,24-26,34H,2-4,8,16-19H2,1H3/b14-7-/t24-,25+,26?,30-,31-/m0/s1. The van der Waals surface area contributed by atoms with E-state index >= 15 is 0 Å². The average Bonchev–Trinajstić information content (AvgIpc) is 3.29. The molecule has 0 saturated carbocycles. The van der Waals surface area contributed by atoms with Crippen molar-refractivity contribution in [2.24, 2.45) is 11.8 Å². The summed E-state index contributed by atoms with van der Waals surface area (Å²) in [6.45, 7) is 2.16. The summed E-state index contributed by atoms with van der Waals surface area (Å²) in [5.74, 6) is -2.98. The van der Waals surface area contributed by atoms with E-state index in [1.165, 1.54) is 4.90 Å². The van der Waals surface area contributed by atoms with Crippen molar-refractivity contribution >= 4 is 34.2 Å². The zero-order valence-electron chi connectivity index (χ0n) is 22.1. The molecule has 0 radical (unpaired) electrons. The molecule has 1 N–H and O–H groups in total. The molecule has 8 heteroatoms. The number of likely N-dealkylation sites (tertiary alicyclic amines) is 1. The molecule has 2 fully saturated rings. The minimum atomic E-state index is -1.37. The second kappa shape index (κ2) is 9.92. The number of hydrogen-bond donors (Lipinski definition) is 1.